The van der Waals surface area contributed by atoms with E-state index in [1.54, 1.807) is 23.3 Å². The fourth-order valence-corrected chi connectivity index (χ4v) is 2.33. The van der Waals surface area contributed by atoms with E-state index in [0.717, 1.165) is 4.88 Å². The molecule has 0 saturated heterocycles. The number of rotatable bonds is 5. The molecule has 90 valence electrons. The van der Waals surface area contributed by atoms with Gasteiger partial charge in [0, 0.05) is 11.9 Å². The lowest BCUT2D eigenvalue weighted by molar-refractivity contribution is -0.137. The van der Waals surface area contributed by atoms with Crippen LogP contribution in [0, 0.1) is 11.8 Å². The van der Waals surface area contributed by atoms with Gasteiger partial charge in [0.15, 0.2) is 0 Å². The molecule has 0 aliphatic heterocycles. The zero-order chi connectivity index (χ0) is 12.1. The summed E-state index contributed by atoms with van der Waals surface area (Å²) < 4.78 is 0. The van der Waals surface area contributed by atoms with Crippen molar-refractivity contribution in [2.75, 3.05) is 13.7 Å². The topological polar surface area (TPSA) is 40.5 Å². The quantitative estimate of drug-likeness (QED) is 0.856. The van der Waals surface area contributed by atoms with E-state index in [1.165, 1.54) is 0 Å². The van der Waals surface area contributed by atoms with Crippen LogP contribution < -0.4 is 0 Å². The standard InChI is InChI=1S/C12H19NO2S/c1-9(2)11(8-14)12(15)13(3)7-10-5-4-6-16-10/h4-6,9,11,14H,7-8H2,1-3H3. The van der Waals surface area contributed by atoms with Gasteiger partial charge < -0.3 is 10.0 Å². The molecule has 4 heteroatoms. The third-order valence-electron chi connectivity index (χ3n) is 2.67. The number of aliphatic hydroxyl groups excluding tert-OH is 1. The summed E-state index contributed by atoms with van der Waals surface area (Å²) in [4.78, 5) is 14.9. The second-order valence-electron chi connectivity index (χ2n) is 4.31. The van der Waals surface area contributed by atoms with Crippen LogP contribution in [0.2, 0.25) is 0 Å². The van der Waals surface area contributed by atoms with Gasteiger partial charge in [-0.1, -0.05) is 19.9 Å². The third-order valence-corrected chi connectivity index (χ3v) is 3.53. The lowest BCUT2D eigenvalue weighted by Crippen LogP contribution is -2.36. The summed E-state index contributed by atoms with van der Waals surface area (Å²) in [7, 11) is 1.78. The van der Waals surface area contributed by atoms with Gasteiger partial charge in [-0.3, -0.25) is 4.79 Å². The second-order valence-corrected chi connectivity index (χ2v) is 5.34. The second kappa shape index (κ2) is 6.01. The molecule has 3 nitrogen and oxygen atoms in total. The summed E-state index contributed by atoms with van der Waals surface area (Å²) in [5.74, 6) is -0.0980. The van der Waals surface area contributed by atoms with E-state index >= 15 is 0 Å². The first-order valence-electron chi connectivity index (χ1n) is 5.44. The minimum Gasteiger partial charge on any atom is -0.396 e. The Hall–Kier alpha value is -0.870. The molecule has 0 radical (unpaired) electrons. The molecule has 1 heterocycles. The molecule has 1 N–H and O–H groups in total. The highest BCUT2D eigenvalue weighted by Crippen LogP contribution is 2.16. The van der Waals surface area contributed by atoms with Gasteiger partial charge in [-0.25, -0.2) is 0 Å². The van der Waals surface area contributed by atoms with Gasteiger partial charge in [-0.15, -0.1) is 11.3 Å². The summed E-state index contributed by atoms with van der Waals surface area (Å²) in [5.41, 5.74) is 0. The number of hydrogen-bond acceptors (Lipinski definition) is 3. The van der Waals surface area contributed by atoms with Gasteiger partial charge in [0.2, 0.25) is 5.91 Å². The molecule has 16 heavy (non-hydrogen) atoms. The van der Waals surface area contributed by atoms with E-state index < -0.39 is 0 Å². The van der Waals surface area contributed by atoms with E-state index in [0.29, 0.717) is 6.54 Å². The van der Waals surface area contributed by atoms with Gasteiger partial charge in [-0.05, 0) is 17.4 Å². The number of hydrogen-bond donors (Lipinski definition) is 1. The Balaban J connectivity index is 2.59. The van der Waals surface area contributed by atoms with E-state index in [9.17, 15) is 9.90 Å². The molecule has 1 atom stereocenters. The first-order valence-corrected chi connectivity index (χ1v) is 6.32. The van der Waals surface area contributed by atoms with Crippen LogP contribution in [-0.4, -0.2) is 29.6 Å². The monoisotopic (exact) mass is 241 g/mol. The third kappa shape index (κ3) is 3.32. The largest absolute Gasteiger partial charge is 0.396 e. The van der Waals surface area contributed by atoms with Crippen LogP contribution in [0.4, 0.5) is 0 Å². The van der Waals surface area contributed by atoms with Crippen molar-refractivity contribution in [3.05, 3.63) is 22.4 Å². The SMILES string of the molecule is CC(C)C(CO)C(=O)N(C)Cc1cccs1. The van der Waals surface area contributed by atoms with Crippen molar-refractivity contribution in [1.29, 1.82) is 0 Å². The molecule has 0 aliphatic carbocycles. The average Bonchev–Trinajstić information content (AvgIpc) is 2.70. The van der Waals surface area contributed by atoms with Gasteiger partial charge in [-0.2, -0.15) is 0 Å². The molecule has 1 aromatic heterocycles. The lowest BCUT2D eigenvalue weighted by atomic mass is 9.95. The van der Waals surface area contributed by atoms with Crippen LogP contribution in [0.5, 0.6) is 0 Å². The summed E-state index contributed by atoms with van der Waals surface area (Å²) >= 11 is 1.64. The molecule has 1 unspecified atom stereocenters. The van der Waals surface area contributed by atoms with Gasteiger partial charge in [0.25, 0.3) is 0 Å². The Morgan fingerprint density at radius 2 is 2.25 bits per heavy atom. The lowest BCUT2D eigenvalue weighted by Gasteiger charge is -2.24. The van der Waals surface area contributed by atoms with E-state index in [1.807, 2.05) is 31.4 Å². The Morgan fingerprint density at radius 1 is 1.56 bits per heavy atom. The molecule has 0 aliphatic rings. The smallest absolute Gasteiger partial charge is 0.228 e. The molecular formula is C12H19NO2S. The zero-order valence-electron chi connectivity index (χ0n) is 10.0. The van der Waals surface area contributed by atoms with Crippen molar-refractivity contribution in [2.24, 2.45) is 11.8 Å². The summed E-state index contributed by atoms with van der Waals surface area (Å²) in [6.45, 7) is 4.46. The normalized spacial score (nSPS) is 12.8. The molecule has 0 spiro atoms. The maximum atomic E-state index is 12.0. The Bertz CT molecular complexity index is 322. The molecule has 1 aromatic rings. The molecule has 1 rings (SSSR count). The summed E-state index contributed by atoms with van der Waals surface area (Å²) in [6.07, 6.45) is 0. The molecule has 0 fully saturated rings. The van der Waals surface area contributed by atoms with Crippen molar-refractivity contribution in [2.45, 2.75) is 20.4 Å². The molecular weight excluding hydrogens is 222 g/mol. The number of aliphatic hydroxyl groups is 1. The number of nitrogens with zero attached hydrogens (tertiary/aromatic N) is 1. The van der Waals surface area contributed by atoms with E-state index in [-0.39, 0.29) is 24.3 Å². The van der Waals surface area contributed by atoms with E-state index in [2.05, 4.69) is 0 Å². The van der Waals surface area contributed by atoms with Crippen LogP contribution in [0.3, 0.4) is 0 Å². The molecule has 0 bridgehead atoms. The first kappa shape index (κ1) is 13.2. The van der Waals surface area contributed by atoms with Crippen LogP contribution in [0.1, 0.15) is 18.7 Å². The van der Waals surface area contributed by atoms with Crippen molar-refractivity contribution >= 4 is 17.2 Å². The van der Waals surface area contributed by atoms with Gasteiger partial charge in [0.1, 0.15) is 0 Å². The van der Waals surface area contributed by atoms with Gasteiger partial charge >= 0.3 is 0 Å². The number of thiophene rings is 1. The van der Waals surface area contributed by atoms with Crippen LogP contribution in [-0.2, 0) is 11.3 Å². The highest BCUT2D eigenvalue weighted by Gasteiger charge is 2.24. The first-order chi connectivity index (χ1) is 7.56. The summed E-state index contributed by atoms with van der Waals surface area (Å²) in [5, 5.41) is 11.2. The Labute approximate surface area is 101 Å². The zero-order valence-corrected chi connectivity index (χ0v) is 10.8. The van der Waals surface area contributed by atoms with Crippen molar-refractivity contribution < 1.29 is 9.90 Å². The predicted molar refractivity (Wildman–Crippen MR) is 66.2 cm³/mol. The molecule has 1 amide bonds. The number of carbonyl (C=O) groups excluding carboxylic acids is 1. The fourth-order valence-electron chi connectivity index (χ4n) is 1.57. The van der Waals surface area contributed by atoms with Gasteiger partial charge in [0.05, 0.1) is 19.1 Å². The maximum Gasteiger partial charge on any atom is 0.228 e. The van der Waals surface area contributed by atoms with Crippen molar-refractivity contribution in [3.8, 4) is 0 Å². The maximum absolute atomic E-state index is 12.0. The van der Waals surface area contributed by atoms with E-state index in [4.69, 9.17) is 0 Å². The van der Waals surface area contributed by atoms with Crippen LogP contribution >= 0.6 is 11.3 Å². The minimum atomic E-state index is -0.287. The predicted octanol–water partition coefficient (Wildman–Crippen LogP) is 1.97. The van der Waals surface area contributed by atoms with Crippen molar-refractivity contribution in [1.82, 2.24) is 4.90 Å². The number of carbonyl (C=O) groups is 1. The minimum absolute atomic E-state index is 0.0194. The average molecular weight is 241 g/mol. The Kier molecular flexibility index (Phi) is 4.96. The Morgan fingerprint density at radius 3 is 2.69 bits per heavy atom. The van der Waals surface area contributed by atoms with Crippen LogP contribution in [0.15, 0.2) is 17.5 Å². The molecule has 0 saturated carbocycles. The summed E-state index contributed by atoms with van der Waals surface area (Å²) in [6, 6.07) is 3.99. The van der Waals surface area contributed by atoms with Crippen molar-refractivity contribution in [3.63, 3.8) is 0 Å². The van der Waals surface area contributed by atoms with Crippen LogP contribution in [0.25, 0.3) is 0 Å². The highest BCUT2D eigenvalue weighted by molar-refractivity contribution is 7.09. The molecule has 0 aromatic carbocycles. The number of amides is 1. The highest BCUT2D eigenvalue weighted by atomic mass is 32.1. The fraction of sp³-hybridized carbons (Fsp3) is 0.583.